The van der Waals surface area contributed by atoms with E-state index in [0.29, 0.717) is 35.8 Å². The molecule has 2 aromatic carbocycles. The van der Waals surface area contributed by atoms with Crippen molar-refractivity contribution in [2.24, 2.45) is 34.5 Å². The maximum absolute atomic E-state index is 14.3. The van der Waals surface area contributed by atoms with Gasteiger partial charge in [-0.2, -0.15) is 0 Å². The summed E-state index contributed by atoms with van der Waals surface area (Å²) in [6.07, 6.45) is 6.38. The Morgan fingerprint density at radius 3 is 2.11 bits per heavy atom. The van der Waals surface area contributed by atoms with Crippen LogP contribution < -0.4 is 0 Å². The van der Waals surface area contributed by atoms with Crippen molar-refractivity contribution in [2.45, 2.75) is 91.6 Å². The Bertz CT molecular complexity index is 1680. The number of carbonyl (C=O) groups is 3. The van der Waals surface area contributed by atoms with E-state index >= 15 is 0 Å². The summed E-state index contributed by atoms with van der Waals surface area (Å²) in [4.78, 5) is 40.8. The molecule has 1 saturated carbocycles. The molecular weight excluding hydrogens is 580 g/mol. The molecule has 0 aromatic heterocycles. The second kappa shape index (κ2) is 11.2. The number of aliphatic hydroxyl groups excluding tert-OH is 2. The highest BCUT2D eigenvalue weighted by Gasteiger charge is 2.71. The molecule has 7 heteroatoms. The monoisotopic (exact) mass is 626 g/mol. The normalized spacial score (nSPS) is 32.7. The predicted molar refractivity (Wildman–Crippen MR) is 175 cm³/mol. The zero-order valence-corrected chi connectivity index (χ0v) is 27.5. The lowest BCUT2D eigenvalue weighted by atomic mass is 9.44. The first kappa shape index (κ1) is 32.2. The SMILES string of the molecule is CC(=O)C1=C(O)C(C(C)C)[C@@]2(C)C[C@@]3(C)Cc4ccc(CC5CCC(Cc6ccccc6)CC5)c(O)c4C(=O)C3=C(O)[C@@]2(O)C1=O. The van der Waals surface area contributed by atoms with Crippen LogP contribution in [0, 0.1) is 34.5 Å². The quantitative estimate of drug-likeness (QED) is 0.256. The Morgan fingerprint density at radius 1 is 0.913 bits per heavy atom. The number of hydrogen-bond acceptors (Lipinski definition) is 7. The topological polar surface area (TPSA) is 132 Å². The Morgan fingerprint density at radius 2 is 1.52 bits per heavy atom. The zero-order chi connectivity index (χ0) is 33.3. The van der Waals surface area contributed by atoms with Gasteiger partial charge in [0.05, 0.1) is 5.56 Å². The summed E-state index contributed by atoms with van der Waals surface area (Å²) in [5.41, 5.74) is -2.85. The van der Waals surface area contributed by atoms with Crippen LogP contribution in [0.1, 0.15) is 93.8 Å². The van der Waals surface area contributed by atoms with Gasteiger partial charge in [-0.1, -0.05) is 70.2 Å². The molecule has 4 aliphatic carbocycles. The summed E-state index contributed by atoms with van der Waals surface area (Å²) in [5, 5.41) is 46.9. The Labute approximate surface area is 271 Å². The van der Waals surface area contributed by atoms with E-state index in [1.165, 1.54) is 5.56 Å². The molecule has 1 unspecified atom stereocenters. The number of carbonyl (C=O) groups excluding carboxylic acids is 3. The van der Waals surface area contributed by atoms with Crippen LogP contribution in [0.25, 0.3) is 0 Å². The molecule has 4 aliphatic rings. The van der Waals surface area contributed by atoms with Crippen LogP contribution in [-0.4, -0.2) is 43.4 Å². The summed E-state index contributed by atoms with van der Waals surface area (Å²) in [6.45, 7) is 8.27. The van der Waals surface area contributed by atoms with Crippen LogP contribution >= 0.6 is 0 Å². The Kier molecular flexibility index (Phi) is 7.86. The Balaban J connectivity index is 1.33. The van der Waals surface area contributed by atoms with E-state index in [1.54, 1.807) is 6.92 Å². The van der Waals surface area contributed by atoms with Crippen LogP contribution in [0.4, 0.5) is 0 Å². The van der Waals surface area contributed by atoms with Gasteiger partial charge in [-0.15, -0.1) is 0 Å². The lowest BCUT2D eigenvalue weighted by Gasteiger charge is -2.59. The summed E-state index contributed by atoms with van der Waals surface area (Å²) in [7, 11) is 0. The smallest absolute Gasteiger partial charge is 0.209 e. The highest BCUT2D eigenvalue weighted by Crippen LogP contribution is 2.65. The molecule has 6 rings (SSSR count). The first-order valence-corrected chi connectivity index (χ1v) is 16.7. The number of aromatic hydroxyl groups is 1. The lowest BCUT2D eigenvalue weighted by Crippen LogP contribution is -2.67. The third-order valence-corrected chi connectivity index (χ3v) is 11.8. The maximum atomic E-state index is 14.3. The van der Waals surface area contributed by atoms with Crippen molar-refractivity contribution in [1.82, 2.24) is 0 Å². The molecule has 46 heavy (non-hydrogen) atoms. The lowest BCUT2D eigenvalue weighted by molar-refractivity contribution is -0.171. The van der Waals surface area contributed by atoms with Gasteiger partial charge in [0.25, 0.3) is 0 Å². The van der Waals surface area contributed by atoms with Crippen LogP contribution in [-0.2, 0) is 28.9 Å². The Hall–Kier alpha value is -3.71. The van der Waals surface area contributed by atoms with Gasteiger partial charge >= 0.3 is 0 Å². The fourth-order valence-electron chi connectivity index (χ4n) is 9.83. The van der Waals surface area contributed by atoms with Crippen LogP contribution in [0.5, 0.6) is 5.75 Å². The minimum atomic E-state index is -2.59. The summed E-state index contributed by atoms with van der Waals surface area (Å²) in [5.74, 6) is -3.80. The largest absolute Gasteiger partial charge is 0.511 e. The standard InChI is InChI=1S/C39H46O7/c1-21(2)30-33(42)28(22(3)40)35(44)39(46)36(45)31-34(43)29-27(19-37(31,4)20-38(30,39)5)16-15-26(32(29)41)18-25-13-11-24(12-14-25)17-23-9-7-6-8-10-23/h6-10,15-16,21,24-25,30,41-42,45-46H,11-14,17-20H2,1-5H3/t24?,25?,30?,37-,38-,39+/m1/s1. The van der Waals surface area contributed by atoms with Crippen molar-refractivity contribution >= 4 is 17.3 Å². The molecular formula is C39H46O7. The van der Waals surface area contributed by atoms with Crippen LogP contribution in [0.3, 0.4) is 0 Å². The number of phenolic OH excluding ortho intramolecular Hbond substituents is 1. The maximum Gasteiger partial charge on any atom is 0.209 e. The first-order chi connectivity index (χ1) is 21.6. The second-order valence-electron chi connectivity index (χ2n) is 15.4. The number of aliphatic hydroxyl groups is 3. The number of benzene rings is 2. The number of hydrogen-bond donors (Lipinski definition) is 4. The third-order valence-electron chi connectivity index (χ3n) is 11.8. The van der Waals surface area contributed by atoms with Gasteiger partial charge in [-0.05, 0) is 92.7 Å². The van der Waals surface area contributed by atoms with Gasteiger partial charge in [0, 0.05) is 22.3 Å². The average Bonchev–Trinajstić information content (AvgIpc) is 2.97. The number of fused-ring (bicyclic) bond motifs is 3. The summed E-state index contributed by atoms with van der Waals surface area (Å²) < 4.78 is 0. The highest BCUT2D eigenvalue weighted by atomic mass is 16.3. The summed E-state index contributed by atoms with van der Waals surface area (Å²) in [6, 6.07) is 14.3. The number of allylic oxidation sites excluding steroid dienone is 2. The van der Waals surface area contributed by atoms with Crippen molar-refractivity contribution in [3.63, 3.8) is 0 Å². The number of rotatable bonds is 6. The van der Waals surface area contributed by atoms with Crippen molar-refractivity contribution in [2.75, 3.05) is 0 Å². The molecule has 2 aromatic rings. The van der Waals surface area contributed by atoms with E-state index in [-0.39, 0.29) is 35.0 Å². The minimum absolute atomic E-state index is 0.0969. The molecule has 7 nitrogen and oxygen atoms in total. The zero-order valence-electron chi connectivity index (χ0n) is 27.5. The molecule has 0 saturated heterocycles. The van der Waals surface area contributed by atoms with Crippen molar-refractivity contribution < 1.29 is 34.8 Å². The molecule has 0 radical (unpaired) electrons. The fourth-order valence-corrected chi connectivity index (χ4v) is 9.83. The minimum Gasteiger partial charge on any atom is -0.511 e. The van der Waals surface area contributed by atoms with Gasteiger partial charge in [-0.3, -0.25) is 14.4 Å². The molecule has 0 spiro atoms. The van der Waals surface area contributed by atoms with E-state index in [0.717, 1.165) is 39.0 Å². The third kappa shape index (κ3) is 4.68. The van der Waals surface area contributed by atoms with Crippen LogP contribution in [0.2, 0.25) is 0 Å². The fraction of sp³-hybridized carbons (Fsp3) is 0.513. The number of ketones is 3. The van der Waals surface area contributed by atoms with Crippen molar-refractivity contribution in [3.8, 4) is 5.75 Å². The molecule has 1 fully saturated rings. The molecule has 244 valence electrons. The van der Waals surface area contributed by atoms with E-state index in [2.05, 4.69) is 24.3 Å². The van der Waals surface area contributed by atoms with Crippen molar-refractivity contribution in [1.29, 1.82) is 0 Å². The van der Waals surface area contributed by atoms with E-state index in [1.807, 2.05) is 39.0 Å². The molecule has 0 amide bonds. The molecule has 4 N–H and O–H groups in total. The molecule has 0 aliphatic heterocycles. The van der Waals surface area contributed by atoms with Crippen molar-refractivity contribution in [3.05, 3.63) is 87.4 Å². The van der Waals surface area contributed by atoms with E-state index < -0.39 is 51.0 Å². The molecule has 4 atom stereocenters. The predicted octanol–water partition coefficient (Wildman–Crippen LogP) is 6.94. The van der Waals surface area contributed by atoms with Gasteiger partial charge in [0.15, 0.2) is 17.2 Å². The molecule has 0 heterocycles. The van der Waals surface area contributed by atoms with E-state index in [9.17, 15) is 34.8 Å². The molecule has 0 bridgehead atoms. The average molecular weight is 627 g/mol. The van der Waals surface area contributed by atoms with Gasteiger partial charge in [0.2, 0.25) is 5.78 Å². The van der Waals surface area contributed by atoms with E-state index in [4.69, 9.17) is 0 Å². The highest BCUT2D eigenvalue weighted by molar-refractivity contribution is 6.25. The number of Topliss-reactive ketones (excluding diaryl/α,β-unsaturated/α-hetero) is 3. The first-order valence-electron chi connectivity index (χ1n) is 16.7. The summed E-state index contributed by atoms with van der Waals surface area (Å²) >= 11 is 0. The van der Waals surface area contributed by atoms with Gasteiger partial charge in [-0.25, -0.2) is 0 Å². The van der Waals surface area contributed by atoms with Crippen LogP contribution in [0.15, 0.2) is 65.1 Å². The van der Waals surface area contributed by atoms with Gasteiger partial charge < -0.3 is 20.4 Å². The number of phenols is 1. The van der Waals surface area contributed by atoms with Gasteiger partial charge in [0.1, 0.15) is 22.8 Å². The second-order valence-corrected chi connectivity index (χ2v) is 15.4.